The lowest BCUT2D eigenvalue weighted by molar-refractivity contribution is -0.173. The number of aliphatic hydroxyl groups excluding tert-OH is 1. The zero-order chi connectivity index (χ0) is 13.4. The highest BCUT2D eigenvalue weighted by Crippen LogP contribution is 2.38. The van der Waals surface area contributed by atoms with Crippen molar-refractivity contribution in [2.24, 2.45) is 0 Å². The zero-order valence-corrected chi connectivity index (χ0v) is 12.6. The second-order valence-corrected chi connectivity index (χ2v) is 11.1. The van der Waals surface area contributed by atoms with Gasteiger partial charge in [0.25, 0.3) is 0 Å². The first-order valence-electron chi connectivity index (χ1n) is 6.10. The monoisotopic (exact) mass is 260 g/mol. The third-order valence-corrected chi connectivity index (χ3v) is 8.25. The molecular weight excluding hydrogens is 236 g/mol. The molecule has 0 saturated carbocycles. The summed E-state index contributed by atoms with van der Waals surface area (Å²) in [6, 6.07) is 0. The Morgan fingerprint density at radius 1 is 1.41 bits per heavy atom. The van der Waals surface area contributed by atoms with Crippen LogP contribution < -0.4 is 0 Å². The molecule has 0 aliphatic carbocycles. The maximum absolute atomic E-state index is 11.2. The Labute approximate surface area is 104 Å². The lowest BCUT2D eigenvalue weighted by Gasteiger charge is -2.43. The molecule has 1 fully saturated rings. The van der Waals surface area contributed by atoms with Crippen molar-refractivity contribution in [2.45, 2.75) is 70.6 Å². The van der Waals surface area contributed by atoms with E-state index in [1.54, 1.807) is 6.92 Å². The van der Waals surface area contributed by atoms with Gasteiger partial charge in [0.15, 0.2) is 8.32 Å². The quantitative estimate of drug-likeness (QED) is 0.610. The van der Waals surface area contributed by atoms with Crippen LogP contribution in [0, 0.1) is 0 Å². The molecular formula is C12H24O4Si. The highest BCUT2D eigenvalue weighted by atomic mass is 28.4. The van der Waals surface area contributed by atoms with Gasteiger partial charge < -0.3 is 14.3 Å². The number of aliphatic hydroxyl groups is 1. The van der Waals surface area contributed by atoms with Crippen LogP contribution in [0.5, 0.6) is 0 Å². The van der Waals surface area contributed by atoms with Crippen molar-refractivity contribution in [3.63, 3.8) is 0 Å². The average molecular weight is 260 g/mol. The van der Waals surface area contributed by atoms with E-state index in [0.717, 1.165) is 0 Å². The van der Waals surface area contributed by atoms with Crippen LogP contribution in [0.3, 0.4) is 0 Å². The first-order valence-corrected chi connectivity index (χ1v) is 9.01. The summed E-state index contributed by atoms with van der Waals surface area (Å²) in [4.78, 5) is 11.2. The fraction of sp³-hybridized carbons (Fsp3) is 0.917. The Balaban J connectivity index is 2.77. The van der Waals surface area contributed by atoms with Crippen LogP contribution >= 0.6 is 0 Å². The molecule has 1 saturated heterocycles. The number of carbonyl (C=O) groups is 1. The van der Waals surface area contributed by atoms with Crippen molar-refractivity contribution in [3.05, 3.63) is 0 Å². The van der Waals surface area contributed by atoms with Gasteiger partial charge in [0.1, 0.15) is 12.2 Å². The summed E-state index contributed by atoms with van der Waals surface area (Å²) in [6.07, 6.45) is -1.49. The van der Waals surface area contributed by atoms with Gasteiger partial charge in [0, 0.05) is 0 Å². The standard InChI is InChI=1S/C12H24O4Si/c1-8-11(9(13)7-10(14)15-8)16-17(5,6)12(2,3)4/h8-9,11,13H,7H2,1-6H3/t8-,9-,11-/m1/s1. The first kappa shape index (κ1) is 14.7. The van der Waals surface area contributed by atoms with E-state index in [-0.39, 0.29) is 23.5 Å². The molecule has 0 aromatic heterocycles. The van der Waals surface area contributed by atoms with Crippen LogP contribution in [-0.2, 0) is 14.0 Å². The predicted molar refractivity (Wildman–Crippen MR) is 68.2 cm³/mol. The number of rotatable bonds is 2. The molecule has 100 valence electrons. The van der Waals surface area contributed by atoms with E-state index in [1.165, 1.54) is 0 Å². The van der Waals surface area contributed by atoms with Crippen LogP contribution in [-0.4, -0.2) is 37.7 Å². The third kappa shape index (κ3) is 3.30. The molecule has 4 nitrogen and oxygen atoms in total. The van der Waals surface area contributed by atoms with Gasteiger partial charge >= 0.3 is 5.97 Å². The maximum Gasteiger partial charge on any atom is 0.308 e. The summed E-state index contributed by atoms with van der Waals surface area (Å²) >= 11 is 0. The molecule has 0 radical (unpaired) electrons. The largest absolute Gasteiger partial charge is 0.460 e. The van der Waals surface area contributed by atoms with Gasteiger partial charge in [0.2, 0.25) is 0 Å². The Morgan fingerprint density at radius 3 is 2.35 bits per heavy atom. The molecule has 1 heterocycles. The van der Waals surface area contributed by atoms with E-state index in [2.05, 4.69) is 33.9 Å². The molecule has 17 heavy (non-hydrogen) atoms. The molecule has 1 rings (SSSR count). The zero-order valence-electron chi connectivity index (χ0n) is 11.6. The van der Waals surface area contributed by atoms with Gasteiger partial charge in [-0.1, -0.05) is 20.8 Å². The number of carbonyl (C=O) groups excluding carboxylic acids is 1. The summed E-state index contributed by atoms with van der Waals surface area (Å²) in [5, 5.41) is 10.0. The molecule has 0 aromatic rings. The van der Waals surface area contributed by atoms with Crippen LogP contribution in [0.4, 0.5) is 0 Å². The number of hydrogen-bond donors (Lipinski definition) is 1. The molecule has 0 spiro atoms. The first-order chi connectivity index (χ1) is 7.54. The van der Waals surface area contributed by atoms with E-state index in [1.807, 2.05) is 0 Å². The summed E-state index contributed by atoms with van der Waals surface area (Å²) in [6.45, 7) is 12.5. The Morgan fingerprint density at radius 2 is 1.94 bits per heavy atom. The van der Waals surface area contributed by atoms with Crippen molar-refractivity contribution in [1.82, 2.24) is 0 Å². The number of hydrogen-bond acceptors (Lipinski definition) is 4. The molecule has 1 aliphatic rings. The van der Waals surface area contributed by atoms with Gasteiger partial charge in [-0.2, -0.15) is 0 Å². The van der Waals surface area contributed by atoms with E-state index in [9.17, 15) is 9.90 Å². The minimum atomic E-state index is -1.95. The van der Waals surface area contributed by atoms with E-state index in [4.69, 9.17) is 9.16 Å². The average Bonchev–Trinajstić information content (AvgIpc) is 2.09. The molecule has 0 bridgehead atoms. The highest BCUT2D eigenvalue weighted by molar-refractivity contribution is 6.74. The Hall–Kier alpha value is -0.393. The smallest absolute Gasteiger partial charge is 0.308 e. The van der Waals surface area contributed by atoms with Crippen molar-refractivity contribution in [3.8, 4) is 0 Å². The molecule has 0 aromatic carbocycles. The number of cyclic esters (lactones) is 1. The molecule has 3 atom stereocenters. The van der Waals surface area contributed by atoms with Gasteiger partial charge in [0.05, 0.1) is 12.5 Å². The second-order valence-electron chi connectivity index (χ2n) is 6.31. The normalized spacial score (nSPS) is 31.2. The van der Waals surface area contributed by atoms with Crippen molar-refractivity contribution < 1.29 is 19.1 Å². The van der Waals surface area contributed by atoms with Crippen LogP contribution in [0.15, 0.2) is 0 Å². The minimum Gasteiger partial charge on any atom is -0.460 e. The SMILES string of the molecule is C[C@H]1OC(=O)C[C@@H](O)[C@@H]1O[Si](C)(C)C(C)(C)C. The molecule has 1 aliphatic heterocycles. The number of ether oxygens (including phenoxy) is 1. The lowest BCUT2D eigenvalue weighted by Crippen LogP contribution is -2.54. The summed E-state index contributed by atoms with van der Waals surface area (Å²) < 4.78 is 11.3. The van der Waals surface area contributed by atoms with Crippen molar-refractivity contribution in [2.75, 3.05) is 0 Å². The van der Waals surface area contributed by atoms with E-state index < -0.39 is 20.5 Å². The predicted octanol–water partition coefficient (Wildman–Crippen LogP) is 2.07. The van der Waals surface area contributed by atoms with Crippen molar-refractivity contribution in [1.29, 1.82) is 0 Å². The van der Waals surface area contributed by atoms with E-state index >= 15 is 0 Å². The lowest BCUT2D eigenvalue weighted by atomic mass is 10.0. The maximum atomic E-state index is 11.2. The van der Waals surface area contributed by atoms with Gasteiger partial charge in [-0.15, -0.1) is 0 Å². The Kier molecular flexibility index (Phi) is 4.06. The summed E-state index contributed by atoms with van der Waals surface area (Å²) in [7, 11) is -1.95. The van der Waals surface area contributed by atoms with Crippen molar-refractivity contribution >= 4 is 14.3 Å². The minimum absolute atomic E-state index is 0.0314. The molecule has 5 heteroatoms. The fourth-order valence-corrected chi connectivity index (χ4v) is 3.00. The highest BCUT2D eigenvalue weighted by Gasteiger charge is 2.44. The van der Waals surface area contributed by atoms with Crippen LogP contribution in [0.25, 0.3) is 0 Å². The molecule has 0 amide bonds. The van der Waals surface area contributed by atoms with Gasteiger partial charge in [-0.25, -0.2) is 0 Å². The summed E-state index contributed by atoms with van der Waals surface area (Å²) in [5.41, 5.74) is 0. The topological polar surface area (TPSA) is 55.8 Å². The number of esters is 1. The second kappa shape index (κ2) is 4.70. The molecule has 0 unspecified atom stereocenters. The summed E-state index contributed by atoms with van der Waals surface area (Å²) in [5.74, 6) is -0.347. The van der Waals surface area contributed by atoms with E-state index in [0.29, 0.717) is 0 Å². The van der Waals surface area contributed by atoms with Gasteiger partial charge in [-0.05, 0) is 25.1 Å². The Bertz CT molecular complexity index is 281. The van der Waals surface area contributed by atoms with Crippen LogP contribution in [0.1, 0.15) is 34.1 Å². The third-order valence-electron chi connectivity index (χ3n) is 3.77. The fourth-order valence-electron chi connectivity index (χ4n) is 1.61. The molecule has 1 N–H and O–H groups in total. The van der Waals surface area contributed by atoms with Gasteiger partial charge in [-0.3, -0.25) is 4.79 Å². The van der Waals surface area contributed by atoms with Crippen LogP contribution in [0.2, 0.25) is 18.1 Å².